The number of nitrogens with one attached hydrogen (secondary N) is 1. The van der Waals surface area contributed by atoms with Crippen LogP contribution in [0.5, 0.6) is 0 Å². The molecule has 1 aliphatic carbocycles. The van der Waals surface area contributed by atoms with Crippen molar-refractivity contribution < 1.29 is 22.8 Å². The van der Waals surface area contributed by atoms with Crippen LogP contribution in [0.25, 0.3) is 0 Å². The molecule has 2 aromatic rings. The van der Waals surface area contributed by atoms with E-state index in [1.807, 2.05) is 61.3 Å². The molecular formula is C28H29F3N2O2. The van der Waals surface area contributed by atoms with E-state index in [-0.39, 0.29) is 23.4 Å². The van der Waals surface area contributed by atoms with Crippen molar-refractivity contribution in [3.8, 4) is 0 Å². The van der Waals surface area contributed by atoms with Crippen LogP contribution in [-0.4, -0.2) is 29.3 Å². The van der Waals surface area contributed by atoms with Gasteiger partial charge in [0.1, 0.15) is 0 Å². The Kier molecular flexibility index (Phi) is 7.15. The lowest BCUT2D eigenvalue weighted by molar-refractivity contribution is -0.137. The first-order valence-corrected chi connectivity index (χ1v) is 11.9. The first kappa shape index (κ1) is 24.8. The molecule has 3 atom stereocenters. The number of nitrogens with zero attached hydrogens (tertiary/aromatic N) is 1. The Morgan fingerprint density at radius 2 is 1.74 bits per heavy atom. The van der Waals surface area contributed by atoms with Crippen molar-refractivity contribution in [1.82, 2.24) is 4.90 Å². The second-order valence-corrected chi connectivity index (χ2v) is 9.29. The van der Waals surface area contributed by atoms with Gasteiger partial charge in [-0.05, 0) is 62.4 Å². The second kappa shape index (κ2) is 10.1. The average molecular weight is 483 g/mol. The Labute approximate surface area is 203 Å². The van der Waals surface area contributed by atoms with Crippen LogP contribution in [0, 0.1) is 25.7 Å². The van der Waals surface area contributed by atoms with Crippen LogP contribution in [0.15, 0.2) is 66.8 Å². The first-order valence-electron chi connectivity index (χ1n) is 11.9. The lowest BCUT2D eigenvalue weighted by Gasteiger charge is -2.44. The Bertz CT molecular complexity index is 1150. The zero-order valence-corrected chi connectivity index (χ0v) is 19.8. The minimum Gasteiger partial charge on any atom is -0.334 e. The Balaban J connectivity index is 1.65. The Morgan fingerprint density at radius 1 is 1.03 bits per heavy atom. The summed E-state index contributed by atoms with van der Waals surface area (Å²) < 4.78 is 39.5. The van der Waals surface area contributed by atoms with Gasteiger partial charge >= 0.3 is 6.18 Å². The number of carbonyl (C=O) groups excluding carboxylic acids is 2. The van der Waals surface area contributed by atoms with E-state index in [2.05, 4.69) is 5.32 Å². The van der Waals surface area contributed by atoms with Crippen LogP contribution in [-0.2, 0) is 11.0 Å². The van der Waals surface area contributed by atoms with Gasteiger partial charge in [-0.3, -0.25) is 9.59 Å². The summed E-state index contributed by atoms with van der Waals surface area (Å²) in [7, 11) is 0. The van der Waals surface area contributed by atoms with Crippen molar-refractivity contribution in [2.75, 3.05) is 11.9 Å². The summed E-state index contributed by atoms with van der Waals surface area (Å²) in [4.78, 5) is 29.1. The fourth-order valence-corrected chi connectivity index (χ4v) is 5.23. The molecule has 2 amide bonds. The maximum absolute atomic E-state index is 13.8. The third-order valence-corrected chi connectivity index (χ3v) is 6.89. The maximum atomic E-state index is 13.8. The van der Waals surface area contributed by atoms with Crippen LogP contribution in [0.4, 0.5) is 18.9 Å². The van der Waals surface area contributed by atoms with Crippen molar-refractivity contribution in [3.63, 3.8) is 0 Å². The summed E-state index contributed by atoms with van der Waals surface area (Å²) in [5, 5.41) is 2.70. The maximum Gasteiger partial charge on any atom is 0.416 e. The topological polar surface area (TPSA) is 49.4 Å². The van der Waals surface area contributed by atoms with Crippen molar-refractivity contribution >= 4 is 17.5 Å². The predicted molar refractivity (Wildman–Crippen MR) is 130 cm³/mol. The first-order chi connectivity index (χ1) is 16.7. The normalized spacial score (nSPS) is 22.2. The van der Waals surface area contributed by atoms with Gasteiger partial charge in [-0.25, -0.2) is 0 Å². The molecule has 0 radical (unpaired) electrons. The third kappa shape index (κ3) is 5.34. The molecule has 0 bridgehead atoms. The predicted octanol–water partition coefficient (Wildman–Crippen LogP) is 6.31. The Morgan fingerprint density at radius 3 is 2.40 bits per heavy atom. The number of alkyl halides is 3. The van der Waals surface area contributed by atoms with Crippen molar-refractivity contribution in [2.24, 2.45) is 11.8 Å². The van der Waals surface area contributed by atoms with E-state index in [1.165, 1.54) is 12.1 Å². The van der Waals surface area contributed by atoms with Crippen LogP contribution in [0.3, 0.4) is 0 Å². The average Bonchev–Trinajstić information content (AvgIpc) is 2.83. The van der Waals surface area contributed by atoms with Gasteiger partial charge in [0.15, 0.2) is 0 Å². The van der Waals surface area contributed by atoms with E-state index in [9.17, 15) is 22.8 Å². The molecule has 0 spiro atoms. The van der Waals surface area contributed by atoms with Crippen LogP contribution in [0.2, 0.25) is 0 Å². The van der Waals surface area contributed by atoms with Crippen LogP contribution in [0.1, 0.15) is 46.3 Å². The highest BCUT2D eigenvalue weighted by Crippen LogP contribution is 2.36. The molecule has 1 fully saturated rings. The quantitative estimate of drug-likeness (QED) is 0.555. The van der Waals surface area contributed by atoms with Gasteiger partial charge in [0.05, 0.1) is 17.5 Å². The number of aryl methyl sites for hydroxylation is 2. The minimum atomic E-state index is -4.50. The standard InChI is InChI=1S/C28H29F3N2O2/c1-18-9-6-10-19(2)24(18)27(35)33-16-8-15-23(25(33)20-11-4-3-5-12-20)26(34)32-22-14-7-13-21(17-22)28(29,30)31/h3-7,9-11,13-14,17,20,23,25H,8,12,15-16H2,1-2H3,(H,32,34)/t20?,23?,25-/m0/s1. The SMILES string of the molecule is Cc1cccc(C)c1C(=O)N1CCCC(C(=O)Nc2cccc(C(F)(F)F)c2)[C@@H]1C1C=CC=CC1. The van der Waals surface area contributed by atoms with Gasteiger partial charge in [-0.2, -0.15) is 13.2 Å². The lowest BCUT2D eigenvalue weighted by Crippen LogP contribution is -2.55. The number of piperidine rings is 1. The van der Waals surface area contributed by atoms with Gasteiger partial charge in [0, 0.05) is 23.7 Å². The summed E-state index contributed by atoms with van der Waals surface area (Å²) in [5.74, 6) is -1.08. The van der Waals surface area contributed by atoms with E-state index in [0.29, 0.717) is 31.4 Å². The van der Waals surface area contributed by atoms with E-state index in [1.54, 1.807) is 0 Å². The van der Waals surface area contributed by atoms with Crippen molar-refractivity contribution in [2.45, 2.75) is 45.3 Å². The van der Waals surface area contributed by atoms with Crippen LogP contribution >= 0.6 is 0 Å². The molecule has 0 aromatic heterocycles. The third-order valence-electron chi connectivity index (χ3n) is 6.89. The van der Waals surface area contributed by atoms with E-state index in [0.717, 1.165) is 23.3 Å². The largest absolute Gasteiger partial charge is 0.416 e. The molecule has 4 rings (SSSR count). The number of benzene rings is 2. The molecule has 1 heterocycles. The summed E-state index contributed by atoms with van der Waals surface area (Å²) in [6.07, 6.45) is 5.28. The number of likely N-dealkylation sites (tertiary alicyclic amines) is 1. The summed E-state index contributed by atoms with van der Waals surface area (Å²) in [6.45, 7) is 4.33. The lowest BCUT2D eigenvalue weighted by atomic mass is 9.77. The van der Waals surface area contributed by atoms with Crippen LogP contribution < -0.4 is 5.32 Å². The van der Waals surface area contributed by atoms with E-state index in [4.69, 9.17) is 0 Å². The number of halogens is 3. The molecule has 184 valence electrons. The molecular weight excluding hydrogens is 453 g/mol. The molecule has 2 aromatic carbocycles. The van der Waals surface area contributed by atoms with Gasteiger partial charge in [0.2, 0.25) is 5.91 Å². The molecule has 2 aliphatic rings. The fourth-order valence-electron chi connectivity index (χ4n) is 5.23. The number of allylic oxidation sites excluding steroid dienone is 3. The number of carbonyl (C=O) groups is 2. The molecule has 2 unspecified atom stereocenters. The van der Waals surface area contributed by atoms with Gasteiger partial charge < -0.3 is 10.2 Å². The molecule has 1 saturated heterocycles. The van der Waals surface area contributed by atoms with E-state index >= 15 is 0 Å². The summed E-state index contributed by atoms with van der Waals surface area (Å²) in [5.41, 5.74) is 1.68. The van der Waals surface area contributed by atoms with Gasteiger partial charge in [-0.1, -0.05) is 48.6 Å². The highest BCUT2D eigenvalue weighted by Gasteiger charge is 2.42. The molecule has 1 N–H and O–H groups in total. The van der Waals surface area contributed by atoms with Gasteiger partial charge in [0.25, 0.3) is 5.91 Å². The molecule has 0 saturated carbocycles. The van der Waals surface area contributed by atoms with E-state index < -0.39 is 23.7 Å². The second-order valence-electron chi connectivity index (χ2n) is 9.29. The minimum absolute atomic E-state index is 0.0640. The zero-order chi connectivity index (χ0) is 25.2. The Hall–Kier alpha value is -3.35. The summed E-state index contributed by atoms with van der Waals surface area (Å²) in [6, 6.07) is 9.97. The van der Waals surface area contributed by atoms with Gasteiger partial charge in [-0.15, -0.1) is 0 Å². The number of rotatable bonds is 4. The number of hydrogen-bond donors (Lipinski definition) is 1. The summed E-state index contributed by atoms with van der Waals surface area (Å²) >= 11 is 0. The molecule has 4 nitrogen and oxygen atoms in total. The van der Waals surface area contributed by atoms with Crippen molar-refractivity contribution in [1.29, 1.82) is 0 Å². The zero-order valence-electron chi connectivity index (χ0n) is 19.8. The smallest absolute Gasteiger partial charge is 0.334 e. The number of anilines is 1. The monoisotopic (exact) mass is 482 g/mol. The highest BCUT2D eigenvalue weighted by molar-refractivity contribution is 5.99. The van der Waals surface area contributed by atoms with Crippen molar-refractivity contribution in [3.05, 3.63) is 89.0 Å². The number of hydrogen-bond acceptors (Lipinski definition) is 2. The molecule has 35 heavy (non-hydrogen) atoms. The fraction of sp³-hybridized carbons (Fsp3) is 0.357. The number of amides is 2. The molecule has 1 aliphatic heterocycles. The highest BCUT2D eigenvalue weighted by atomic mass is 19.4. The molecule has 7 heteroatoms.